The first-order chi connectivity index (χ1) is 16.0. The van der Waals surface area contributed by atoms with E-state index >= 15 is 0 Å². The Kier molecular flexibility index (Phi) is 5.73. The van der Waals surface area contributed by atoms with Crippen LogP contribution in [0.25, 0.3) is 22.0 Å². The van der Waals surface area contributed by atoms with Crippen LogP contribution in [0.4, 0.5) is 21.5 Å². The summed E-state index contributed by atoms with van der Waals surface area (Å²) >= 11 is 0. The van der Waals surface area contributed by atoms with E-state index in [1.54, 1.807) is 13.0 Å². The fourth-order valence-corrected chi connectivity index (χ4v) is 4.52. The second-order valence-corrected chi connectivity index (χ2v) is 9.08. The summed E-state index contributed by atoms with van der Waals surface area (Å²) in [4.78, 5) is 9.27. The number of pyridine rings is 1. The summed E-state index contributed by atoms with van der Waals surface area (Å²) in [5, 5.41) is 4.56. The Morgan fingerprint density at radius 1 is 0.970 bits per heavy atom. The zero-order valence-corrected chi connectivity index (χ0v) is 19.3. The molecule has 1 aromatic heterocycles. The Morgan fingerprint density at radius 3 is 2.45 bits per heavy atom. The monoisotopic (exact) mass is 440 g/mol. The lowest BCUT2D eigenvalue weighted by Crippen LogP contribution is -2.31. The Hall–Kier alpha value is -3.44. The maximum absolute atomic E-state index is 14.1. The molecule has 5 heteroatoms. The number of aryl methyl sites for hydroxylation is 1. The largest absolute Gasteiger partial charge is 0.370 e. The lowest BCUT2D eigenvalue weighted by molar-refractivity contribution is 0.315. The fraction of sp³-hybridized carbons (Fsp3) is 0.250. The molecule has 0 spiro atoms. The van der Waals surface area contributed by atoms with Crippen LogP contribution in [0.3, 0.4) is 0 Å². The maximum atomic E-state index is 14.1. The van der Waals surface area contributed by atoms with E-state index in [0.717, 1.165) is 46.5 Å². The molecule has 1 aliphatic heterocycles. The van der Waals surface area contributed by atoms with Crippen molar-refractivity contribution >= 4 is 28.0 Å². The van der Waals surface area contributed by atoms with Crippen molar-refractivity contribution in [1.82, 2.24) is 9.88 Å². The molecule has 0 radical (unpaired) electrons. The number of hydrogen-bond donors (Lipinski definition) is 1. The Morgan fingerprint density at radius 2 is 1.73 bits per heavy atom. The van der Waals surface area contributed by atoms with Gasteiger partial charge in [0.2, 0.25) is 0 Å². The fourth-order valence-electron chi connectivity index (χ4n) is 4.52. The van der Waals surface area contributed by atoms with Crippen LogP contribution in [0.1, 0.15) is 12.0 Å². The number of likely N-dealkylation sites (N-methyl/N-ethyl adjacent to an activating group) is 1. The van der Waals surface area contributed by atoms with E-state index in [1.165, 1.54) is 12.1 Å². The molecule has 168 valence electrons. The van der Waals surface area contributed by atoms with Gasteiger partial charge in [-0.1, -0.05) is 18.2 Å². The highest BCUT2D eigenvalue weighted by molar-refractivity contribution is 5.95. The number of hydrogen-bond acceptors (Lipinski definition) is 4. The Bertz CT molecular complexity index is 1280. The SMILES string of the molecule is Cc1ccc(-c2ccc3nccc(Nc4ccc(N5CCC(N(C)C)C5)cc4)c3c2)cc1F. The van der Waals surface area contributed by atoms with Crippen molar-refractivity contribution in [2.45, 2.75) is 19.4 Å². The van der Waals surface area contributed by atoms with E-state index in [-0.39, 0.29) is 5.82 Å². The Labute approximate surface area is 194 Å². The molecule has 0 aliphatic carbocycles. The molecule has 4 nitrogen and oxygen atoms in total. The molecule has 0 bridgehead atoms. The predicted molar refractivity (Wildman–Crippen MR) is 136 cm³/mol. The van der Waals surface area contributed by atoms with Crippen molar-refractivity contribution in [3.63, 3.8) is 0 Å². The minimum absolute atomic E-state index is 0.188. The molecule has 1 atom stereocenters. The molecular weight excluding hydrogens is 411 g/mol. The van der Waals surface area contributed by atoms with Gasteiger partial charge >= 0.3 is 0 Å². The molecule has 1 saturated heterocycles. The van der Waals surface area contributed by atoms with E-state index in [9.17, 15) is 4.39 Å². The molecule has 5 rings (SSSR count). The van der Waals surface area contributed by atoms with Gasteiger partial charge in [0, 0.05) is 47.8 Å². The highest BCUT2D eigenvalue weighted by atomic mass is 19.1. The molecule has 1 aliphatic rings. The van der Waals surface area contributed by atoms with Crippen LogP contribution in [0, 0.1) is 12.7 Å². The minimum Gasteiger partial charge on any atom is -0.370 e. The predicted octanol–water partition coefficient (Wildman–Crippen LogP) is 6.23. The van der Waals surface area contributed by atoms with Gasteiger partial charge in [-0.05, 0) is 92.7 Å². The molecule has 4 aromatic rings. The van der Waals surface area contributed by atoms with Gasteiger partial charge in [0.1, 0.15) is 5.82 Å². The summed E-state index contributed by atoms with van der Waals surface area (Å²) in [7, 11) is 4.31. The van der Waals surface area contributed by atoms with Gasteiger partial charge in [-0.15, -0.1) is 0 Å². The van der Waals surface area contributed by atoms with Gasteiger partial charge in [0.25, 0.3) is 0 Å². The first-order valence-electron chi connectivity index (χ1n) is 11.4. The summed E-state index contributed by atoms with van der Waals surface area (Å²) in [6.07, 6.45) is 3.01. The zero-order chi connectivity index (χ0) is 22.9. The van der Waals surface area contributed by atoms with Crippen molar-refractivity contribution < 1.29 is 4.39 Å². The van der Waals surface area contributed by atoms with Gasteiger partial charge in [-0.3, -0.25) is 4.98 Å². The number of halogens is 1. The second-order valence-electron chi connectivity index (χ2n) is 9.08. The van der Waals surface area contributed by atoms with E-state index in [0.29, 0.717) is 11.6 Å². The lowest BCUT2D eigenvalue weighted by Gasteiger charge is -2.22. The molecule has 0 amide bonds. The molecule has 2 heterocycles. The summed E-state index contributed by atoms with van der Waals surface area (Å²) in [6.45, 7) is 3.94. The van der Waals surface area contributed by atoms with Crippen molar-refractivity contribution in [3.05, 3.63) is 84.3 Å². The van der Waals surface area contributed by atoms with Crippen LogP contribution in [-0.4, -0.2) is 43.1 Å². The van der Waals surface area contributed by atoms with Gasteiger partial charge < -0.3 is 15.1 Å². The standard InChI is InChI=1S/C28H29FN4/c1-19-4-5-21(17-26(19)29)20-6-11-27-25(16-20)28(12-14-30-27)31-22-7-9-23(10-8-22)33-15-13-24(18-33)32(2)3/h4-12,14,16-17,24H,13,15,18H2,1-3H3,(H,30,31). The van der Waals surface area contributed by atoms with Crippen molar-refractivity contribution in [3.8, 4) is 11.1 Å². The molecule has 33 heavy (non-hydrogen) atoms. The average Bonchev–Trinajstić information content (AvgIpc) is 3.32. The van der Waals surface area contributed by atoms with Crippen molar-refractivity contribution in [2.75, 3.05) is 37.4 Å². The zero-order valence-electron chi connectivity index (χ0n) is 19.3. The van der Waals surface area contributed by atoms with Gasteiger partial charge in [-0.25, -0.2) is 4.39 Å². The van der Waals surface area contributed by atoms with Crippen molar-refractivity contribution in [1.29, 1.82) is 0 Å². The van der Waals surface area contributed by atoms with E-state index in [1.807, 2.05) is 36.5 Å². The highest BCUT2D eigenvalue weighted by Crippen LogP contribution is 2.31. The van der Waals surface area contributed by atoms with Crippen LogP contribution < -0.4 is 10.2 Å². The third-order valence-corrected chi connectivity index (χ3v) is 6.65. The van der Waals surface area contributed by atoms with Gasteiger partial charge in [0.15, 0.2) is 0 Å². The molecule has 3 aromatic carbocycles. The molecule has 1 N–H and O–H groups in total. The summed E-state index contributed by atoms with van der Waals surface area (Å²) in [5.74, 6) is -0.188. The summed E-state index contributed by atoms with van der Waals surface area (Å²) < 4.78 is 14.1. The average molecular weight is 441 g/mol. The van der Waals surface area contributed by atoms with E-state index in [2.05, 4.69) is 64.5 Å². The topological polar surface area (TPSA) is 31.4 Å². The number of fused-ring (bicyclic) bond motifs is 1. The van der Waals surface area contributed by atoms with Crippen LogP contribution in [0.5, 0.6) is 0 Å². The third kappa shape index (κ3) is 4.41. The molecular formula is C28H29FN4. The number of aromatic nitrogens is 1. The quantitative estimate of drug-likeness (QED) is 0.398. The molecule has 1 unspecified atom stereocenters. The van der Waals surface area contributed by atoms with Crippen LogP contribution >= 0.6 is 0 Å². The van der Waals surface area contributed by atoms with E-state index in [4.69, 9.17) is 0 Å². The van der Waals surface area contributed by atoms with Crippen LogP contribution in [0.2, 0.25) is 0 Å². The normalized spacial score (nSPS) is 16.0. The molecule has 0 saturated carbocycles. The number of anilines is 3. The summed E-state index contributed by atoms with van der Waals surface area (Å²) in [6, 6.07) is 22.7. The van der Waals surface area contributed by atoms with Crippen LogP contribution in [0.15, 0.2) is 72.9 Å². The number of nitrogens with one attached hydrogen (secondary N) is 1. The first-order valence-corrected chi connectivity index (χ1v) is 11.4. The minimum atomic E-state index is -0.188. The molecule has 1 fully saturated rings. The Balaban J connectivity index is 1.40. The first kappa shape index (κ1) is 21.4. The number of rotatable bonds is 5. The van der Waals surface area contributed by atoms with E-state index < -0.39 is 0 Å². The highest BCUT2D eigenvalue weighted by Gasteiger charge is 2.23. The maximum Gasteiger partial charge on any atom is 0.126 e. The lowest BCUT2D eigenvalue weighted by atomic mass is 10.0. The second kappa shape index (κ2) is 8.83. The number of nitrogens with zero attached hydrogens (tertiary/aromatic N) is 3. The third-order valence-electron chi connectivity index (χ3n) is 6.65. The van der Waals surface area contributed by atoms with Crippen LogP contribution in [-0.2, 0) is 0 Å². The van der Waals surface area contributed by atoms with Gasteiger partial charge in [0.05, 0.1) is 5.52 Å². The number of benzene rings is 3. The van der Waals surface area contributed by atoms with Gasteiger partial charge in [-0.2, -0.15) is 0 Å². The van der Waals surface area contributed by atoms with Crippen molar-refractivity contribution in [2.24, 2.45) is 0 Å². The summed E-state index contributed by atoms with van der Waals surface area (Å²) in [5.41, 5.74) is 6.65. The smallest absolute Gasteiger partial charge is 0.126 e.